The lowest BCUT2D eigenvalue weighted by Gasteiger charge is -2.06. The lowest BCUT2D eigenvalue weighted by Crippen LogP contribution is -2.18. The van der Waals surface area contributed by atoms with Crippen LogP contribution in [0.4, 0.5) is 0 Å². The molecule has 0 aliphatic heterocycles. The maximum atomic E-state index is 12.0. The molecule has 0 unspecified atom stereocenters. The number of nitrogens with zero attached hydrogens (tertiary/aromatic N) is 1. The number of carbonyl (C=O) groups excluding carboxylic acids is 1. The summed E-state index contributed by atoms with van der Waals surface area (Å²) in [6, 6.07) is 11.8. The standard InChI is InChI=1S/C16H16N2O4/c1-21-13-8-4-3-7-12(13)16(20)18-17-10-11-6-5-9-14(22-2)15(11)19/h3-10,19H,1-2H3,(H,18,20)/b17-10+. The molecule has 0 atom stereocenters. The van der Waals surface area contributed by atoms with Crippen molar-refractivity contribution in [3.63, 3.8) is 0 Å². The summed E-state index contributed by atoms with van der Waals surface area (Å²) in [5, 5.41) is 13.7. The Morgan fingerprint density at radius 1 is 1.09 bits per heavy atom. The fraction of sp³-hybridized carbons (Fsp3) is 0.125. The Kier molecular flexibility index (Phi) is 4.98. The van der Waals surface area contributed by atoms with E-state index < -0.39 is 5.91 Å². The molecule has 2 N–H and O–H groups in total. The molecule has 0 radical (unpaired) electrons. The summed E-state index contributed by atoms with van der Waals surface area (Å²) in [5.74, 6) is 0.343. The number of para-hydroxylation sites is 2. The zero-order valence-electron chi connectivity index (χ0n) is 12.2. The summed E-state index contributed by atoms with van der Waals surface area (Å²) in [6.45, 7) is 0. The number of hydrogen-bond acceptors (Lipinski definition) is 5. The van der Waals surface area contributed by atoms with Gasteiger partial charge in [-0.25, -0.2) is 5.43 Å². The number of rotatable bonds is 5. The van der Waals surface area contributed by atoms with E-state index in [0.717, 1.165) is 0 Å². The van der Waals surface area contributed by atoms with Crippen molar-refractivity contribution >= 4 is 12.1 Å². The van der Waals surface area contributed by atoms with Gasteiger partial charge in [0.1, 0.15) is 5.75 Å². The number of methoxy groups -OCH3 is 2. The Morgan fingerprint density at radius 3 is 2.50 bits per heavy atom. The number of amides is 1. The van der Waals surface area contributed by atoms with E-state index in [9.17, 15) is 9.90 Å². The second-order valence-electron chi connectivity index (χ2n) is 4.30. The Labute approximate surface area is 128 Å². The first kappa shape index (κ1) is 15.4. The van der Waals surface area contributed by atoms with E-state index in [1.807, 2.05) is 0 Å². The van der Waals surface area contributed by atoms with E-state index in [-0.39, 0.29) is 5.75 Å². The number of hydrazone groups is 1. The highest BCUT2D eigenvalue weighted by atomic mass is 16.5. The van der Waals surface area contributed by atoms with Gasteiger partial charge in [-0.1, -0.05) is 18.2 Å². The molecule has 0 saturated carbocycles. The summed E-state index contributed by atoms with van der Waals surface area (Å²) < 4.78 is 10.1. The molecule has 0 saturated heterocycles. The molecule has 2 aromatic carbocycles. The lowest BCUT2D eigenvalue weighted by molar-refractivity contribution is 0.0952. The smallest absolute Gasteiger partial charge is 0.275 e. The number of hydrogen-bond donors (Lipinski definition) is 2. The van der Waals surface area contributed by atoms with Crippen molar-refractivity contribution < 1.29 is 19.4 Å². The normalized spacial score (nSPS) is 10.5. The van der Waals surface area contributed by atoms with E-state index in [4.69, 9.17) is 9.47 Å². The lowest BCUT2D eigenvalue weighted by atomic mass is 10.2. The van der Waals surface area contributed by atoms with Gasteiger partial charge in [0, 0.05) is 5.56 Å². The molecule has 0 aromatic heterocycles. The van der Waals surface area contributed by atoms with Crippen LogP contribution in [0.25, 0.3) is 0 Å². The number of nitrogens with one attached hydrogen (secondary N) is 1. The molecule has 6 nitrogen and oxygen atoms in total. The second-order valence-corrected chi connectivity index (χ2v) is 4.30. The van der Waals surface area contributed by atoms with Crippen LogP contribution in [0.3, 0.4) is 0 Å². The van der Waals surface area contributed by atoms with Crippen LogP contribution in [-0.2, 0) is 0 Å². The average Bonchev–Trinajstić information content (AvgIpc) is 2.56. The quantitative estimate of drug-likeness (QED) is 0.655. The summed E-state index contributed by atoms with van der Waals surface area (Å²) in [5.41, 5.74) is 3.19. The molecule has 6 heteroatoms. The average molecular weight is 300 g/mol. The van der Waals surface area contributed by atoms with Gasteiger partial charge in [0.25, 0.3) is 5.91 Å². The minimum Gasteiger partial charge on any atom is -0.504 e. The van der Waals surface area contributed by atoms with Crippen molar-refractivity contribution in [2.75, 3.05) is 14.2 Å². The summed E-state index contributed by atoms with van der Waals surface area (Å²) >= 11 is 0. The molecule has 0 heterocycles. The topological polar surface area (TPSA) is 80.2 Å². The van der Waals surface area contributed by atoms with Crippen LogP contribution in [0.1, 0.15) is 15.9 Å². The van der Waals surface area contributed by atoms with Crippen LogP contribution >= 0.6 is 0 Å². The molecule has 0 spiro atoms. The van der Waals surface area contributed by atoms with Crippen molar-refractivity contribution in [2.24, 2.45) is 5.10 Å². The number of aromatic hydroxyl groups is 1. The molecule has 2 aromatic rings. The highest BCUT2D eigenvalue weighted by Crippen LogP contribution is 2.27. The second kappa shape index (κ2) is 7.12. The Morgan fingerprint density at radius 2 is 1.77 bits per heavy atom. The zero-order chi connectivity index (χ0) is 15.9. The Bertz CT molecular complexity index is 698. The Balaban J connectivity index is 2.11. The van der Waals surface area contributed by atoms with Gasteiger partial charge in [-0.05, 0) is 24.3 Å². The number of phenols is 1. The van der Waals surface area contributed by atoms with Crippen molar-refractivity contribution in [1.29, 1.82) is 0 Å². The maximum Gasteiger partial charge on any atom is 0.275 e. The van der Waals surface area contributed by atoms with Gasteiger partial charge in [0.2, 0.25) is 0 Å². The number of phenolic OH excluding ortho intramolecular Hbond substituents is 1. The van der Waals surface area contributed by atoms with Gasteiger partial charge in [-0.2, -0.15) is 5.10 Å². The number of benzene rings is 2. The largest absolute Gasteiger partial charge is 0.504 e. The van der Waals surface area contributed by atoms with E-state index >= 15 is 0 Å². The molecule has 22 heavy (non-hydrogen) atoms. The van der Waals surface area contributed by atoms with Gasteiger partial charge in [-0.3, -0.25) is 4.79 Å². The molecular weight excluding hydrogens is 284 g/mol. The molecule has 2 rings (SSSR count). The number of carbonyl (C=O) groups is 1. The highest BCUT2D eigenvalue weighted by molar-refractivity contribution is 5.97. The van der Waals surface area contributed by atoms with Gasteiger partial charge >= 0.3 is 0 Å². The van der Waals surface area contributed by atoms with Crippen molar-refractivity contribution in [1.82, 2.24) is 5.43 Å². The molecule has 0 bridgehead atoms. The SMILES string of the molecule is COc1ccccc1C(=O)N/N=C/c1cccc(OC)c1O. The van der Waals surface area contributed by atoms with Crippen LogP contribution in [0.15, 0.2) is 47.6 Å². The highest BCUT2D eigenvalue weighted by Gasteiger charge is 2.10. The van der Waals surface area contributed by atoms with E-state index in [0.29, 0.717) is 22.6 Å². The summed E-state index contributed by atoms with van der Waals surface area (Å²) in [6.07, 6.45) is 1.34. The Hall–Kier alpha value is -3.02. The first-order valence-corrected chi connectivity index (χ1v) is 6.49. The van der Waals surface area contributed by atoms with E-state index in [1.54, 1.807) is 42.5 Å². The monoisotopic (exact) mass is 300 g/mol. The third-order valence-corrected chi connectivity index (χ3v) is 2.97. The van der Waals surface area contributed by atoms with Crippen molar-refractivity contribution in [2.45, 2.75) is 0 Å². The maximum absolute atomic E-state index is 12.0. The minimum absolute atomic E-state index is 0.0414. The third-order valence-electron chi connectivity index (χ3n) is 2.97. The fourth-order valence-electron chi connectivity index (χ4n) is 1.86. The zero-order valence-corrected chi connectivity index (χ0v) is 12.2. The van der Waals surface area contributed by atoms with Gasteiger partial charge in [0.05, 0.1) is 26.0 Å². The van der Waals surface area contributed by atoms with Crippen LogP contribution in [0.5, 0.6) is 17.2 Å². The van der Waals surface area contributed by atoms with Crippen molar-refractivity contribution in [3.05, 3.63) is 53.6 Å². The predicted octanol–water partition coefficient (Wildman–Crippen LogP) is 2.17. The minimum atomic E-state index is -0.406. The van der Waals surface area contributed by atoms with Crippen LogP contribution in [-0.4, -0.2) is 31.4 Å². The molecule has 0 aliphatic rings. The molecule has 114 valence electrons. The summed E-state index contributed by atoms with van der Waals surface area (Å²) in [7, 11) is 2.95. The molecule has 1 amide bonds. The molecular formula is C16H16N2O4. The van der Waals surface area contributed by atoms with E-state index in [2.05, 4.69) is 10.5 Å². The first-order valence-electron chi connectivity index (χ1n) is 6.49. The van der Waals surface area contributed by atoms with E-state index in [1.165, 1.54) is 20.4 Å². The fourth-order valence-corrected chi connectivity index (χ4v) is 1.86. The number of ether oxygens (including phenoxy) is 2. The van der Waals surface area contributed by atoms with Crippen molar-refractivity contribution in [3.8, 4) is 17.2 Å². The van der Waals surface area contributed by atoms with Crippen LogP contribution in [0.2, 0.25) is 0 Å². The first-order chi connectivity index (χ1) is 10.7. The summed E-state index contributed by atoms with van der Waals surface area (Å²) in [4.78, 5) is 12.0. The van der Waals surface area contributed by atoms with Crippen LogP contribution in [0, 0.1) is 0 Å². The van der Waals surface area contributed by atoms with Crippen LogP contribution < -0.4 is 14.9 Å². The van der Waals surface area contributed by atoms with Gasteiger partial charge < -0.3 is 14.6 Å². The van der Waals surface area contributed by atoms with Gasteiger partial charge in [0.15, 0.2) is 11.5 Å². The molecule has 0 fully saturated rings. The predicted molar refractivity (Wildman–Crippen MR) is 82.7 cm³/mol. The third kappa shape index (κ3) is 3.35. The van der Waals surface area contributed by atoms with Gasteiger partial charge in [-0.15, -0.1) is 0 Å². The molecule has 0 aliphatic carbocycles.